The highest BCUT2D eigenvalue weighted by molar-refractivity contribution is 7.99. The van der Waals surface area contributed by atoms with Gasteiger partial charge in [0.15, 0.2) is 0 Å². The molecule has 3 aromatic rings. The number of aryl methyl sites for hydroxylation is 2. The van der Waals surface area contributed by atoms with Crippen LogP contribution in [0.25, 0.3) is 0 Å². The number of halogens is 1. The van der Waals surface area contributed by atoms with Gasteiger partial charge in [-0.05, 0) is 52.9 Å². The summed E-state index contributed by atoms with van der Waals surface area (Å²) in [7, 11) is 1.65. The highest BCUT2D eigenvalue weighted by Crippen LogP contribution is 2.31. The first kappa shape index (κ1) is 18.8. The quantitative estimate of drug-likeness (QED) is 0.511. The van der Waals surface area contributed by atoms with E-state index in [1.807, 2.05) is 6.92 Å². The van der Waals surface area contributed by atoms with Gasteiger partial charge in [0, 0.05) is 34.8 Å². The fourth-order valence-electron chi connectivity index (χ4n) is 2.17. The van der Waals surface area contributed by atoms with E-state index in [9.17, 15) is 14.9 Å². The molecule has 9 nitrogen and oxygen atoms in total. The van der Waals surface area contributed by atoms with Gasteiger partial charge in [0.2, 0.25) is 5.16 Å². The van der Waals surface area contributed by atoms with Crippen molar-refractivity contribution in [2.45, 2.75) is 17.0 Å². The summed E-state index contributed by atoms with van der Waals surface area (Å²) in [5, 5.41) is 25.9. The van der Waals surface area contributed by atoms with E-state index in [0.29, 0.717) is 20.8 Å². The third-order valence-corrected chi connectivity index (χ3v) is 5.14. The molecule has 0 saturated carbocycles. The molecule has 0 unspecified atom stereocenters. The SMILES string of the molecule is Cc1ccc(NC(=O)c2cc([N+](=O)[O-])ccc2Sc2nnnn2C)cc1Cl. The number of hydrogen-bond donors (Lipinski definition) is 1. The summed E-state index contributed by atoms with van der Waals surface area (Å²) >= 11 is 7.21. The lowest BCUT2D eigenvalue weighted by Crippen LogP contribution is -2.13. The zero-order valence-corrected chi connectivity index (χ0v) is 15.8. The normalized spacial score (nSPS) is 10.6. The zero-order valence-electron chi connectivity index (χ0n) is 14.2. The topological polar surface area (TPSA) is 116 Å². The molecule has 11 heteroatoms. The average molecular weight is 405 g/mol. The predicted octanol–water partition coefficient (Wildman–Crippen LogP) is 3.48. The first-order valence-corrected chi connectivity index (χ1v) is 8.81. The van der Waals surface area contributed by atoms with Crippen LogP contribution >= 0.6 is 23.4 Å². The first-order chi connectivity index (χ1) is 12.8. The van der Waals surface area contributed by atoms with Crippen molar-refractivity contribution in [3.8, 4) is 0 Å². The van der Waals surface area contributed by atoms with Crippen LogP contribution in [0.3, 0.4) is 0 Å². The molecular weight excluding hydrogens is 392 g/mol. The molecule has 1 N–H and O–H groups in total. The number of amides is 1. The van der Waals surface area contributed by atoms with Crippen molar-refractivity contribution < 1.29 is 9.72 Å². The van der Waals surface area contributed by atoms with Gasteiger partial charge in [0.25, 0.3) is 11.6 Å². The van der Waals surface area contributed by atoms with E-state index in [-0.39, 0.29) is 11.3 Å². The number of non-ortho nitro benzene ring substituents is 1. The Labute approximate surface area is 162 Å². The van der Waals surface area contributed by atoms with Crippen molar-refractivity contribution in [3.05, 3.63) is 62.7 Å². The third kappa shape index (κ3) is 4.23. The maximum Gasteiger partial charge on any atom is 0.270 e. The minimum absolute atomic E-state index is 0.133. The van der Waals surface area contributed by atoms with Gasteiger partial charge in [-0.3, -0.25) is 14.9 Å². The summed E-state index contributed by atoms with van der Waals surface area (Å²) in [5.74, 6) is -0.503. The second-order valence-corrected chi connectivity index (χ2v) is 6.96. The van der Waals surface area contributed by atoms with E-state index in [4.69, 9.17) is 11.6 Å². The van der Waals surface area contributed by atoms with Gasteiger partial charge in [0.1, 0.15) is 0 Å². The number of anilines is 1. The molecule has 0 spiro atoms. The number of nitrogens with zero attached hydrogens (tertiary/aromatic N) is 5. The lowest BCUT2D eigenvalue weighted by Gasteiger charge is -2.10. The smallest absolute Gasteiger partial charge is 0.270 e. The van der Waals surface area contributed by atoms with Crippen LogP contribution < -0.4 is 5.32 Å². The molecule has 0 aliphatic carbocycles. The van der Waals surface area contributed by atoms with Crippen molar-refractivity contribution in [1.82, 2.24) is 20.2 Å². The maximum absolute atomic E-state index is 12.8. The molecular formula is C16H13ClN6O3S. The predicted molar refractivity (Wildman–Crippen MR) is 100 cm³/mol. The summed E-state index contributed by atoms with van der Waals surface area (Å²) in [4.78, 5) is 23.8. The van der Waals surface area contributed by atoms with E-state index in [1.54, 1.807) is 25.2 Å². The molecule has 0 saturated heterocycles. The molecule has 27 heavy (non-hydrogen) atoms. The maximum atomic E-state index is 12.8. The second-order valence-electron chi connectivity index (χ2n) is 5.54. The van der Waals surface area contributed by atoms with E-state index in [0.717, 1.165) is 17.3 Å². The van der Waals surface area contributed by atoms with Crippen molar-refractivity contribution in [2.75, 3.05) is 5.32 Å². The molecule has 138 valence electrons. The molecule has 1 aromatic heterocycles. The van der Waals surface area contributed by atoms with Gasteiger partial charge in [-0.25, -0.2) is 4.68 Å². The second kappa shape index (κ2) is 7.72. The Morgan fingerprint density at radius 3 is 2.70 bits per heavy atom. The van der Waals surface area contributed by atoms with Crippen molar-refractivity contribution >= 4 is 40.6 Å². The number of nitro benzene ring substituents is 1. The minimum atomic E-state index is -0.558. The number of nitro groups is 1. The van der Waals surface area contributed by atoms with Gasteiger partial charge in [-0.15, -0.1) is 5.10 Å². The van der Waals surface area contributed by atoms with Gasteiger partial charge < -0.3 is 5.32 Å². The van der Waals surface area contributed by atoms with Crippen LogP contribution in [0.5, 0.6) is 0 Å². The summed E-state index contributed by atoms with van der Waals surface area (Å²) in [6, 6.07) is 9.13. The number of benzene rings is 2. The Bertz CT molecular complexity index is 1040. The third-order valence-electron chi connectivity index (χ3n) is 3.63. The summed E-state index contributed by atoms with van der Waals surface area (Å²) in [5.41, 5.74) is 1.30. The van der Waals surface area contributed by atoms with E-state index in [2.05, 4.69) is 20.8 Å². The van der Waals surface area contributed by atoms with Crippen LogP contribution in [-0.2, 0) is 7.05 Å². The number of carbonyl (C=O) groups excluding carboxylic acids is 1. The van der Waals surface area contributed by atoms with Gasteiger partial charge in [-0.2, -0.15) is 0 Å². The molecule has 1 amide bonds. The molecule has 0 bridgehead atoms. The standard InChI is InChI=1S/C16H13ClN6O3S/c1-9-3-4-10(7-13(9)17)18-15(24)12-8-11(23(25)26)5-6-14(12)27-16-19-20-21-22(16)2/h3-8H,1-2H3,(H,18,24). The molecule has 2 aromatic carbocycles. The largest absolute Gasteiger partial charge is 0.322 e. The molecule has 1 heterocycles. The van der Waals surface area contributed by atoms with Crippen LogP contribution in [0, 0.1) is 17.0 Å². The zero-order chi connectivity index (χ0) is 19.6. The number of aromatic nitrogens is 4. The van der Waals surface area contributed by atoms with E-state index in [1.165, 1.54) is 22.9 Å². The summed E-state index contributed by atoms with van der Waals surface area (Å²) in [6.45, 7) is 1.85. The number of hydrogen-bond acceptors (Lipinski definition) is 7. The fourth-order valence-corrected chi connectivity index (χ4v) is 3.19. The highest BCUT2D eigenvalue weighted by Gasteiger charge is 2.19. The van der Waals surface area contributed by atoms with Crippen molar-refractivity contribution in [2.24, 2.45) is 7.05 Å². The van der Waals surface area contributed by atoms with Gasteiger partial charge in [-0.1, -0.05) is 17.7 Å². The number of nitrogens with one attached hydrogen (secondary N) is 1. The van der Waals surface area contributed by atoms with Crippen LogP contribution in [0.1, 0.15) is 15.9 Å². The lowest BCUT2D eigenvalue weighted by molar-refractivity contribution is -0.384. The van der Waals surface area contributed by atoms with E-state index < -0.39 is 10.8 Å². The first-order valence-electron chi connectivity index (χ1n) is 7.61. The summed E-state index contributed by atoms with van der Waals surface area (Å²) < 4.78 is 1.44. The Morgan fingerprint density at radius 1 is 1.30 bits per heavy atom. The van der Waals surface area contributed by atoms with Crippen LogP contribution in [0.15, 0.2) is 46.5 Å². The monoisotopic (exact) mass is 404 g/mol. The molecule has 0 aliphatic rings. The average Bonchev–Trinajstić information content (AvgIpc) is 3.03. The molecule has 3 rings (SSSR count). The highest BCUT2D eigenvalue weighted by atomic mass is 35.5. The van der Waals surface area contributed by atoms with Gasteiger partial charge in [0.05, 0.1) is 10.5 Å². The molecule has 0 atom stereocenters. The van der Waals surface area contributed by atoms with Crippen LogP contribution in [0.2, 0.25) is 5.02 Å². The van der Waals surface area contributed by atoms with Crippen LogP contribution in [0.4, 0.5) is 11.4 Å². The van der Waals surface area contributed by atoms with Crippen molar-refractivity contribution in [1.29, 1.82) is 0 Å². The lowest BCUT2D eigenvalue weighted by atomic mass is 10.1. The minimum Gasteiger partial charge on any atom is -0.322 e. The Morgan fingerprint density at radius 2 is 2.07 bits per heavy atom. The number of carbonyl (C=O) groups is 1. The van der Waals surface area contributed by atoms with Crippen molar-refractivity contribution in [3.63, 3.8) is 0 Å². The summed E-state index contributed by atoms with van der Waals surface area (Å²) in [6.07, 6.45) is 0. The van der Waals surface area contributed by atoms with Crippen LogP contribution in [-0.4, -0.2) is 31.0 Å². The molecule has 0 fully saturated rings. The Kier molecular flexibility index (Phi) is 5.38. The molecule has 0 radical (unpaired) electrons. The fraction of sp³-hybridized carbons (Fsp3) is 0.125. The number of tetrazole rings is 1. The number of rotatable bonds is 5. The molecule has 0 aliphatic heterocycles. The Balaban J connectivity index is 1.96. The van der Waals surface area contributed by atoms with E-state index >= 15 is 0 Å². The Hall–Kier alpha value is -2.98. The van der Waals surface area contributed by atoms with Gasteiger partial charge >= 0.3 is 0 Å².